The Hall–Kier alpha value is 0.165. The molecule has 0 atom stereocenters. The van der Waals surface area contributed by atoms with Crippen LogP contribution >= 0.6 is 0 Å². The number of hydrogen-bond donors (Lipinski definition) is 0. The van der Waals surface area contributed by atoms with Gasteiger partial charge in [-0.2, -0.15) is 29.4 Å². The van der Waals surface area contributed by atoms with Gasteiger partial charge in [0.15, 0.2) is 5.43 Å². The van der Waals surface area contributed by atoms with Crippen LogP contribution in [0.25, 0.3) is 10.9 Å². The molecule has 1 aromatic heterocycles. The summed E-state index contributed by atoms with van der Waals surface area (Å²) in [7, 11) is 0. The van der Waals surface area contributed by atoms with Crippen LogP contribution in [0.1, 0.15) is 20.8 Å². The number of rotatable bonds is 0. The van der Waals surface area contributed by atoms with E-state index in [4.69, 9.17) is 0 Å². The summed E-state index contributed by atoms with van der Waals surface area (Å²) in [5.74, 6) is 0. The molecule has 4 heteroatoms. The van der Waals surface area contributed by atoms with Crippen LogP contribution in [0.2, 0.25) is 0 Å². The number of hydrogen-bond acceptors (Lipinski definition) is 2. The SMILES string of the molecule is CC(C)(C)n1ncc(=O)c2cc[c-]cc21.[Rb+]. The van der Waals surface area contributed by atoms with Gasteiger partial charge in [0, 0.05) is 5.54 Å². The Morgan fingerprint density at radius 1 is 1.38 bits per heavy atom. The average molecular weight is 287 g/mol. The molecule has 0 aliphatic rings. The largest absolute Gasteiger partial charge is 1.00 e. The van der Waals surface area contributed by atoms with E-state index in [2.05, 4.69) is 31.9 Å². The van der Waals surface area contributed by atoms with Crippen molar-refractivity contribution < 1.29 is 58.2 Å². The van der Waals surface area contributed by atoms with E-state index < -0.39 is 0 Å². The minimum absolute atomic E-state index is 0. The molecule has 0 N–H and O–H groups in total. The quantitative estimate of drug-likeness (QED) is 0.580. The van der Waals surface area contributed by atoms with E-state index in [1.165, 1.54) is 6.20 Å². The van der Waals surface area contributed by atoms with Crippen LogP contribution in [0.15, 0.2) is 29.2 Å². The first-order valence-corrected chi connectivity index (χ1v) is 4.89. The number of nitrogens with zero attached hydrogens (tertiary/aromatic N) is 2. The Bertz CT molecular complexity index is 555. The Balaban J connectivity index is 0.00000128. The maximum absolute atomic E-state index is 11.6. The monoisotopic (exact) mass is 286 g/mol. The number of benzene rings is 1. The van der Waals surface area contributed by atoms with Gasteiger partial charge in [-0.25, -0.2) is 0 Å². The Morgan fingerprint density at radius 2 is 2.06 bits per heavy atom. The van der Waals surface area contributed by atoms with E-state index in [1.54, 1.807) is 18.2 Å². The second-order valence-electron chi connectivity index (χ2n) is 4.53. The minimum atomic E-state index is -0.138. The number of aromatic nitrogens is 2. The molecule has 2 rings (SSSR count). The molecule has 0 bridgehead atoms. The predicted molar refractivity (Wildman–Crippen MR) is 59.8 cm³/mol. The maximum Gasteiger partial charge on any atom is 1.00 e. The van der Waals surface area contributed by atoms with Crippen LogP contribution in [0.5, 0.6) is 0 Å². The molecule has 0 aliphatic carbocycles. The van der Waals surface area contributed by atoms with Crippen molar-refractivity contribution in [3.05, 3.63) is 40.7 Å². The minimum Gasteiger partial charge on any atom is -0.313 e. The van der Waals surface area contributed by atoms with Gasteiger partial charge in [-0.15, -0.1) is 0 Å². The van der Waals surface area contributed by atoms with Crippen LogP contribution < -0.4 is 63.6 Å². The molecule has 1 heterocycles. The third-order valence-corrected chi connectivity index (χ3v) is 2.26. The second kappa shape index (κ2) is 5.21. The molecule has 0 saturated carbocycles. The molecule has 0 spiro atoms. The summed E-state index contributed by atoms with van der Waals surface area (Å²) in [6.45, 7) is 6.16. The van der Waals surface area contributed by atoms with Gasteiger partial charge in [0.1, 0.15) is 0 Å². The Labute approximate surface area is 144 Å². The van der Waals surface area contributed by atoms with Crippen LogP contribution in [0.4, 0.5) is 0 Å². The molecule has 2 aromatic rings. The Kier molecular flexibility index (Phi) is 4.63. The van der Waals surface area contributed by atoms with Gasteiger partial charge >= 0.3 is 58.2 Å². The molecule has 0 unspecified atom stereocenters. The van der Waals surface area contributed by atoms with Gasteiger partial charge in [-0.3, -0.25) is 4.79 Å². The molecule has 0 saturated heterocycles. The normalized spacial score (nSPS) is 11.2. The third kappa shape index (κ3) is 2.70. The zero-order chi connectivity index (χ0) is 11.1. The summed E-state index contributed by atoms with van der Waals surface area (Å²) >= 11 is 0. The zero-order valence-corrected chi connectivity index (χ0v) is 15.0. The van der Waals surface area contributed by atoms with Gasteiger partial charge in [0.25, 0.3) is 0 Å². The van der Waals surface area contributed by atoms with Gasteiger partial charge in [0.05, 0.1) is 6.20 Å². The van der Waals surface area contributed by atoms with Crippen molar-refractivity contribution >= 4 is 10.9 Å². The predicted octanol–water partition coefficient (Wildman–Crippen LogP) is -1.04. The maximum atomic E-state index is 11.6. The van der Waals surface area contributed by atoms with E-state index >= 15 is 0 Å². The van der Waals surface area contributed by atoms with Crippen molar-refractivity contribution in [2.45, 2.75) is 26.3 Å². The molecule has 0 amide bonds. The number of fused-ring (bicyclic) bond motifs is 1. The molecule has 0 aliphatic heterocycles. The molecule has 1 aromatic carbocycles. The van der Waals surface area contributed by atoms with Gasteiger partial charge in [-0.1, -0.05) is 5.39 Å². The van der Waals surface area contributed by atoms with E-state index in [0.717, 1.165) is 5.52 Å². The van der Waals surface area contributed by atoms with Crippen molar-refractivity contribution in [1.82, 2.24) is 9.78 Å². The van der Waals surface area contributed by atoms with Gasteiger partial charge < -0.3 is 4.68 Å². The molecule has 0 radical (unpaired) electrons. The van der Waals surface area contributed by atoms with Crippen LogP contribution in [-0.2, 0) is 5.54 Å². The summed E-state index contributed by atoms with van der Waals surface area (Å²) in [6.07, 6.45) is 1.37. The molecule has 78 valence electrons. The fraction of sp³-hybridized carbons (Fsp3) is 0.333. The summed E-state index contributed by atoms with van der Waals surface area (Å²) in [5, 5.41) is 4.86. The van der Waals surface area contributed by atoms with E-state index in [9.17, 15) is 4.79 Å². The van der Waals surface area contributed by atoms with E-state index in [-0.39, 0.29) is 69.2 Å². The van der Waals surface area contributed by atoms with Gasteiger partial charge in [-0.05, 0) is 26.3 Å². The topological polar surface area (TPSA) is 34.9 Å². The summed E-state index contributed by atoms with van der Waals surface area (Å²) < 4.78 is 1.85. The molecule has 0 fully saturated rings. The molecule has 3 nitrogen and oxygen atoms in total. The zero-order valence-electron chi connectivity index (χ0n) is 10.1. The van der Waals surface area contributed by atoms with Crippen molar-refractivity contribution in [1.29, 1.82) is 0 Å². The fourth-order valence-corrected chi connectivity index (χ4v) is 1.58. The smallest absolute Gasteiger partial charge is 0.313 e. The summed E-state index contributed by atoms with van der Waals surface area (Å²) in [5.41, 5.74) is 0.651. The first-order chi connectivity index (χ1) is 7.00. The van der Waals surface area contributed by atoms with Crippen molar-refractivity contribution in [3.8, 4) is 0 Å². The Morgan fingerprint density at radius 3 is 2.69 bits per heavy atom. The van der Waals surface area contributed by atoms with Crippen LogP contribution in [-0.4, -0.2) is 9.78 Å². The second-order valence-corrected chi connectivity index (χ2v) is 4.53. The van der Waals surface area contributed by atoms with Crippen LogP contribution in [0.3, 0.4) is 0 Å². The average Bonchev–Trinajstić information content (AvgIpc) is 2.17. The first kappa shape index (κ1) is 14.2. The molecule has 16 heavy (non-hydrogen) atoms. The first-order valence-electron chi connectivity index (χ1n) is 4.89. The summed E-state index contributed by atoms with van der Waals surface area (Å²) in [4.78, 5) is 11.6. The van der Waals surface area contributed by atoms with Crippen molar-refractivity contribution in [2.75, 3.05) is 0 Å². The van der Waals surface area contributed by atoms with Crippen LogP contribution in [0, 0.1) is 6.07 Å². The fourth-order valence-electron chi connectivity index (χ4n) is 1.58. The summed E-state index contributed by atoms with van der Waals surface area (Å²) in [6, 6.07) is 8.30. The molecular weight excluding hydrogens is 274 g/mol. The van der Waals surface area contributed by atoms with Crippen molar-refractivity contribution in [3.63, 3.8) is 0 Å². The van der Waals surface area contributed by atoms with Crippen molar-refractivity contribution in [2.24, 2.45) is 0 Å². The third-order valence-electron chi connectivity index (χ3n) is 2.26. The van der Waals surface area contributed by atoms with E-state index in [1.807, 2.05) is 4.68 Å². The molecular formula is C12H13N2ORb. The van der Waals surface area contributed by atoms with E-state index in [0.29, 0.717) is 5.39 Å². The standard InChI is InChI=1S/C12H13N2O.Rb/c1-12(2,3)14-10-7-5-4-6-9(10)11(15)8-13-14;/h4,6-8H,1-3H3;/q-1;+1. The van der Waals surface area contributed by atoms with Gasteiger partial charge in [0.2, 0.25) is 0 Å².